The highest BCUT2D eigenvalue weighted by atomic mass is 16.5. The van der Waals surface area contributed by atoms with Crippen LogP contribution < -0.4 is 20.7 Å². The first kappa shape index (κ1) is 18.8. The quantitative estimate of drug-likeness (QED) is 0.813. The van der Waals surface area contributed by atoms with E-state index in [1.807, 2.05) is 24.3 Å². The number of methoxy groups -OCH3 is 1. The van der Waals surface area contributed by atoms with E-state index in [0.29, 0.717) is 34.9 Å². The van der Waals surface area contributed by atoms with Crippen molar-refractivity contribution in [3.05, 3.63) is 36.2 Å². The molecule has 1 saturated carbocycles. The zero-order valence-electron chi connectivity index (χ0n) is 17.3. The number of nitrogen functional groups attached to an aromatic ring is 1. The maximum Gasteiger partial charge on any atom is 0.157 e. The van der Waals surface area contributed by atoms with Crippen LogP contribution in [0.5, 0.6) is 5.75 Å². The van der Waals surface area contributed by atoms with Gasteiger partial charge < -0.3 is 20.7 Å². The average molecular weight is 382 g/mol. The molecule has 4 rings (SSSR count). The van der Waals surface area contributed by atoms with E-state index >= 15 is 0 Å². The van der Waals surface area contributed by atoms with Crippen LogP contribution in [0.2, 0.25) is 0 Å². The van der Waals surface area contributed by atoms with E-state index in [0.717, 1.165) is 23.7 Å². The van der Waals surface area contributed by atoms with E-state index in [2.05, 4.69) is 41.0 Å². The molecule has 1 saturated heterocycles. The molecule has 0 spiro atoms. The number of rotatable bonds is 5. The fraction of sp³-hybridized carbons (Fsp3) is 0.545. The van der Waals surface area contributed by atoms with Crippen molar-refractivity contribution in [2.24, 2.45) is 10.8 Å². The van der Waals surface area contributed by atoms with Crippen LogP contribution in [0.3, 0.4) is 0 Å². The lowest BCUT2D eigenvalue weighted by molar-refractivity contribution is 0.136. The van der Waals surface area contributed by atoms with Gasteiger partial charge in [0.1, 0.15) is 17.8 Å². The number of hydrogen-bond donors (Lipinski definition) is 2. The average Bonchev–Trinajstić information content (AvgIpc) is 2.90. The molecule has 1 aliphatic carbocycles. The zero-order chi connectivity index (χ0) is 19.9. The first-order chi connectivity index (χ1) is 13.3. The van der Waals surface area contributed by atoms with E-state index in [9.17, 15) is 0 Å². The van der Waals surface area contributed by atoms with Crippen LogP contribution in [-0.2, 0) is 6.54 Å². The van der Waals surface area contributed by atoms with Crippen molar-refractivity contribution in [1.82, 2.24) is 9.97 Å². The standard InChI is InChI=1S/C22H31N5O/c1-21(2)9-16-10-22(3,12-21)13-27(16)20-18(23)19(25-14-26-20)24-11-15-5-7-17(28-4)8-6-15/h5-8,14,16H,9-13,23H2,1-4H3,(H,24,25,26). The Balaban J connectivity index is 1.52. The third-order valence-electron chi connectivity index (χ3n) is 6.17. The summed E-state index contributed by atoms with van der Waals surface area (Å²) in [6.45, 7) is 8.83. The Bertz CT molecular complexity index is 851. The molecule has 6 heteroatoms. The van der Waals surface area contributed by atoms with Gasteiger partial charge in [-0.1, -0.05) is 32.9 Å². The van der Waals surface area contributed by atoms with E-state index in [1.54, 1.807) is 13.4 Å². The van der Waals surface area contributed by atoms with Gasteiger partial charge in [-0.3, -0.25) is 0 Å². The van der Waals surface area contributed by atoms with Gasteiger partial charge >= 0.3 is 0 Å². The normalized spacial score (nSPS) is 25.6. The molecule has 2 aliphatic rings. The second-order valence-electron chi connectivity index (χ2n) is 9.50. The molecule has 2 atom stereocenters. The summed E-state index contributed by atoms with van der Waals surface area (Å²) in [5, 5.41) is 3.37. The maximum absolute atomic E-state index is 6.52. The Morgan fingerprint density at radius 2 is 1.93 bits per heavy atom. The molecule has 2 heterocycles. The molecule has 1 aromatic heterocycles. The molecule has 2 fully saturated rings. The smallest absolute Gasteiger partial charge is 0.157 e. The summed E-state index contributed by atoms with van der Waals surface area (Å²) in [6, 6.07) is 8.49. The van der Waals surface area contributed by atoms with Crippen molar-refractivity contribution in [3.8, 4) is 5.75 Å². The van der Waals surface area contributed by atoms with E-state index in [-0.39, 0.29) is 0 Å². The number of aromatic nitrogens is 2. The minimum Gasteiger partial charge on any atom is -0.497 e. The van der Waals surface area contributed by atoms with E-state index < -0.39 is 0 Å². The summed E-state index contributed by atoms with van der Waals surface area (Å²) in [5.41, 5.74) is 9.00. The van der Waals surface area contributed by atoms with Gasteiger partial charge in [0.15, 0.2) is 11.6 Å². The zero-order valence-corrected chi connectivity index (χ0v) is 17.3. The molecule has 6 nitrogen and oxygen atoms in total. The van der Waals surface area contributed by atoms with Gasteiger partial charge in [-0.2, -0.15) is 0 Å². The summed E-state index contributed by atoms with van der Waals surface area (Å²) >= 11 is 0. The molecule has 0 amide bonds. The number of benzene rings is 1. The monoisotopic (exact) mass is 381 g/mol. The molecule has 2 unspecified atom stereocenters. The summed E-state index contributed by atoms with van der Waals surface area (Å²) in [4.78, 5) is 11.4. The molecule has 150 valence electrons. The van der Waals surface area contributed by atoms with Crippen molar-refractivity contribution in [2.75, 3.05) is 29.6 Å². The summed E-state index contributed by atoms with van der Waals surface area (Å²) in [5.74, 6) is 2.43. The lowest BCUT2D eigenvalue weighted by atomic mass is 9.65. The van der Waals surface area contributed by atoms with Gasteiger partial charge in [0.05, 0.1) is 7.11 Å². The van der Waals surface area contributed by atoms with Gasteiger partial charge in [0.25, 0.3) is 0 Å². The second-order valence-corrected chi connectivity index (χ2v) is 9.50. The lowest BCUT2D eigenvalue weighted by Gasteiger charge is -2.39. The Morgan fingerprint density at radius 1 is 1.18 bits per heavy atom. The van der Waals surface area contributed by atoms with Gasteiger partial charge in [0.2, 0.25) is 0 Å². The van der Waals surface area contributed by atoms with Gasteiger partial charge in [-0.25, -0.2) is 9.97 Å². The molecule has 28 heavy (non-hydrogen) atoms. The fourth-order valence-corrected chi connectivity index (χ4v) is 5.39. The van der Waals surface area contributed by atoms with E-state index in [1.165, 1.54) is 19.3 Å². The number of anilines is 3. The maximum atomic E-state index is 6.52. The first-order valence-electron chi connectivity index (χ1n) is 10.0. The number of hydrogen-bond acceptors (Lipinski definition) is 6. The minimum atomic E-state index is 0.334. The molecule has 2 bridgehead atoms. The molecule has 1 aliphatic heterocycles. The first-order valence-corrected chi connectivity index (χ1v) is 10.0. The Labute approximate surface area is 167 Å². The predicted molar refractivity (Wildman–Crippen MR) is 114 cm³/mol. The number of fused-ring (bicyclic) bond motifs is 2. The van der Waals surface area contributed by atoms with Crippen LogP contribution in [0.1, 0.15) is 45.6 Å². The molecule has 2 aromatic rings. The van der Waals surface area contributed by atoms with E-state index in [4.69, 9.17) is 10.5 Å². The molecular formula is C22H31N5O. The van der Waals surface area contributed by atoms with Crippen molar-refractivity contribution < 1.29 is 4.74 Å². The third kappa shape index (κ3) is 3.60. The van der Waals surface area contributed by atoms with Crippen LogP contribution in [0.25, 0.3) is 0 Å². The topological polar surface area (TPSA) is 76.3 Å². The van der Waals surface area contributed by atoms with Gasteiger partial charge in [-0.05, 0) is 47.8 Å². The SMILES string of the molecule is COc1ccc(CNc2ncnc(N3CC4(C)CC3CC(C)(C)C4)c2N)cc1. The van der Waals surface area contributed by atoms with Crippen LogP contribution in [0.15, 0.2) is 30.6 Å². The second kappa shape index (κ2) is 6.83. The Hall–Kier alpha value is -2.50. The molecular weight excluding hydrogens is 350 g/mol. The molecule has 0 radical (unpaired) electrons. The van der Waals surface area contributed by atoms with Crippen molar-refractivity contribution in [1.29, 1.82) is 0 Å². The Morgan fingerprint density at radius 3 is 2.64 bits per heavy atom. The predicted octanol–water partition coefficient (Wildman–Crippen LogP) is 4.08. The van der Waals surface area contributed by atoms with Crippen molar-refractivity contribution in [2.45, 2.75) is 52.6 Å². The minimum absolute atomic E-state index is 0.334. The Kier molecular flexibility index (Phi) is 4.60. The number of nitrogens with two attached hydrogens (primary N) is 1. The summed E-state index contributed by atoms with van der Waals surface area (Å²) in [7, 11) is 1.67. The highest BCUT2D eigenvalue weighted by molar-refractivity contribution is 5.75. The number of ether oxygens (including phenoxy) is 1. The van der Waals surface area contributed by atoms with Crippen molar-refractivity contribution in [3.63, 3.8) is 0 Å². The summed E-state index contributed by atoms with van der Waals surface area (Å²) < 4.78 is 5.21. The fourth-order valence-electron chi connectivity index (χ4n) is 5.39. The van der Waals surface area contributed by atoms with Gasteiger partial charge in [0, 0.05) is 19.1 Å². The van der Waals surface area contributed by atoms with Crippen molar-refractivity contribution >= 4 is 17.3 Å². The molecule has 1 aromatic carbocycles. The largest absolute Gasteiger partial charge is 0.497 e. The number of nitrogens with zero attached hydrogens (tertiary/aromatic N) is 3. The van der Waals surface area contributed by atoms with Crippen LogP contribution in [-0.4, -0.2) is 29.7 Å². The lowest BCUT2D eigenvalue weighted by Crippen LogP contribution is -2.35. The number of nitrogens with one attached hydrogen (secondary N) is 1. The van der Waals surface area contributed by atoms with Crippen LogP contribution in [0, 0.1) is 10.8 Å². The molecule has 3 N–H and O–H groups in total. The highest BCUT2D eigenvalue weighted by Gasteiger charge is 2.50. The van der Waals surface area contributed by atoms with Gasteiger partial charge in [-0.15, -0.1) is 0 Å². The highest BCUT2D eigenvalue weighted by Crippen LogP contribution is 2.53. The third-order valence-corrected chi connectivity index (χ3v) is 6.17. The van der Waals surface area contributed by atoms with Crippen LogP contribution in [0.4, 0.5) is 17.3 Å². The summed E-state index contributed by atoms with van der Waals surface area (Å²) in [6.07, 6.45) is 5.27. The van der Waals surface area contributed by atoms with Crippen LogP contribution >= 0.6 is 0 Å².